The fourth-order valence-corrected chi connectivity index (χ4v) is 9.63. The van der Waals surface area contributed by atoms with E-state index in [1.807, 2.05) is 69.3 Å². The molecule has 9 rings (SSSR count). The fraction of sp³-hybridized carbons (Fsp3) is 0.388. The van der Waals surface area contributed by atoms with Crippen LogP contribution >= 0.6 is 0 Å². The summed E-state index contributed by atoms with van der Waals surface area (Å²) < 4.78 is 9.17. The summed E-state index contributed by atoms with van der Waals surface area (Å²) in [7, 11) is 0. The Bertz CT molecular complexity index is 2720. The number of amides is 4. The average molecular weight is 866 g/mol. The lowest BCUT2D eigenvalue weighted by Gasteiger charge is -2.30. The molecule has 2 saturated heterocycles. The van der Waals surface area contributed by atoms with Crippen LogP contribution in [0, 0.1) is 11.8 Å². The number of nitrogens with zero attached hydrogens (tertiary/aromatic N) is 5. The zero-order valence-electron chi connectivity index (χ0n) is 36.8. The number of likely N-dealkylation sites (tertiary alicyclic amines) is 2. The first-order valence-corrected chi connectivity index (χ1v) is 22.3. The number of hydrogen-bond donors (Lipinski definition) is 5. The van der Waals surface area contributed by atoms with E-state index in [4.69, 9.17) is 14.7 Å². The summed E-state index contributed by atoms with van der Waals surface area (Å²) in [5.74, 6) is 0.848. The van der Waals surface area contributed by atoms with Crippen LogP contribution in [0.25, 0.3) is 44.7 Å². The number of benzene rings is 3. The van der Waals surface area contributed by atoms with Crippen molar-refractivity contribution in [2.45, 2.75) is 90.7 Å². The lowest BCUT2D eigenvalue weighted by Crippen LogP contribution is -2.51. The number of carbonyl (C=O) groups is 4. The summed E-state index contributed by atoms with van der Waals surface area (Å²) in [6.45, 7) is 9.56. The molecule has 5 N–H and O–H groups in total. The monoisotopic (exact) mass is 865 g/mol. The second-order valence-electron chi connectivity index (χ2n) is 17.9. The van der Waals surface area contributed by atoms with Gasteiger partial charge in [0.05, 0.1) is 47.1 Å². The number of rotatable bonds is 12. The number of nitrogens with one attached hydrogen (secondary N) is 4. The molecule has 5 unspecified atom stereocenters. The van der Waals surface area contributed by atoms with Crippen LogP contribution in [0.1, 0.15) is 95.8 Å². The second-order valence-corrected chi connectivity index (χ2v) is 17.9. The molecule has 4 amide bonds. The maximum Gasteiger partial charge on any atom is 0.246 e. The maximum atomic E-state index is 13.7. The van der Waals surface area contributed by atoms with E-state index in [-0.39, 0.29) is 41.6 Å². The summed E-state index contributed by atoms with van der Waals surface area (Å²) in [6.07, 6.45) is 6.35. The highest BCUT2D eigenvalue weighted by atomic mass is 16.5. The molecule has 5 atom stereocenters. The molecule has 64 heavy (non-hydrogen) atoms. The van der Waals surface area contributed by atoms with Crippen LogP contribution in [-0.2, 0) is 19.2 Å². The van der Waals surface area contributed by atoms with Crippen LogP contribution in [0.2, 0.25) is 0 Å². The lowest BCUT2D eigenvalue weighted by atomic mass is 10.0. The van der Waals surface area contributed by atoms with E-state index in [1.165, 1.54) is 6.92 Å². The van der Waals surface area contributed by atoms with Gasteiger partial charge in [0.15, 0.2) is 0 Å². The number of carbonyl (C=O) groups excluding carboxylic acids is 4. The van der Waals surface area contributed by atoms with Gasteiger partial charge in [-0.2, -0.15) is 0 Å². The van der Waals surface area contributed by atoms with E-state index in [0.29, 0.717) is 24.7 Å². The smallest absolute Gasteiger partial charge is 0.246 e. The quantitative estimate of drug-likeness (QED) is 0.0904. The molecule has 0 bridgehead atoms. The van der Waals surface area contributed by atoms with Crippen molar-refractivity contribution < 1.29 is 29.0 Å². The first kappa shape index (κ1) is 42.6. The van der Waals surface area contributed by atoms with Gasteiger partial charge in [0.25, 0.3) is 0 Å². The molecule has 6 heterocycles. The topological polar surface area (TPSA) is 191 Å². The van der Waals surface area contributed by atoms with Crippen LogP contribution < -0.4 is 15.4 Å². The van der Waals surface area contributed by atoms with Crippen molar-refractivity contribution in [1.82, 2.24) is 44.9 Å². The van der Waals surface area contributed by atoms with Crippen molar-refractivity contribution in [1.29, 1.82) is 0 Å². The number of aliphatic hydroxyl groups is 1. The normalized spacial score (nSPS) is 19.1. The van der Waals surface area contributed by atoms with Crippen LogP contribution in [0.3, 0.4) is 0 Å². The summed E-state index contributed by atoms with van der Waals surface area (Å²) in [5, 5.41) is 15.9. The Morgan fingerprint density at radius 2 is 1.34 bits per heavy atom. The van der Waals surface area contributed by atoms with Gasteiger partial charge in [0, 0.05) is 47.7 Å². The highest BCUT2D eigenvalue weighted by Gasteiger charge is 2.39. The van der Waals surface area contributed by atoms with Gasteiger partial charge < -0.3 is 44.8 Å². The Labute approximate surface area is 371 Å². The molecular weight excluding hydrogens is 811 g/mol. The Balaban J connectivity index is 1.01. The van der Waals surface area contributed by atoms with Gasteiger partial charge >= 0.3 is 0 Å². The van der Waals surface area contributed by atoms with E-state index in [9.17, 15) is 24.3 Å². The van der Waals surface area contributed by atoms with E-state index in [0.717, 1.165) is 81.7 Å². The number of H-pyrrole nitrogens is 2. The van der Waals surface area contributed by atoms with Crippen LogP contribution in [0.4, 0.5) is 0 Å². The first-order chi connectivity index (χ1) is 30.9. The highest BCUT2D eigenvalue weighted by Crippen LogP contribution is 2.46. The number of aliphatic hydroxyl groups excluding tert-OH is 1. The van der Waals surface area contributed by atoms with Crippen molar-refractivity contribution in [3.8, 4) is 39.5 Å². The van der Waals surface area contributed by atoms with Gasteiger partial charge in [-0.1, -0.05) is 70.2 Å². The van der Waals surface area contributed by atoms with Crippen molar-refractivity contribution in [3.63, 3.8) is 0 Å². The number of hydrogen-bond acceptors (Lipinski definition) is 8. The standard InChI is InChI=1S/C49H55N9O6/c1-27(2)43(52-29(5)60)47(62)56-19-9-13-38(56)46-51-25-36(54-46)32-15-17-34-40-22-33-21-31(16-18-37(33)58(40)49(64-41(34)23-32)30-11-7-6-8-12-30)35-24-50-45(53-35)39-14-10-20-57(39)48(63)44(28(3)4)55-42(61)26-59/h6-8,11-12,15-18,21-25,27-28,38-39,43-44,49,59H,9-10,13-14,19-20,26H2,1-5H3,(H,50,53)(H,51,54)(H,52,60)(H,55,61). The molecule has 3 aliphatic heterocycles. The third kappa shape index (κ3) is 7.93. The van der Waals surface area contributed by atoms with E-state index in [1.54, 1.807) is 4.90 Å². The largest absolute Gasteiger partial charge is 0.465 e. The number of ether oxygens (including phenoxy) is 1. The van der Waals surface area contributed by atoms with Crippen molar-refractivity contribution in [3.05, 3.63) is 102 Å². The average Bonchev–Trinajstić information content (AvgIpc) is 4.15. The predicted molar refractivity (Wildman–Crippen MR) is 241 cm³/mol. The van der Waals surface area contributed by atoms with Gasteiger partial charge in [0.2, 0.25) is 29.9 Å². The van der Waals surface area contributed by atoms with Crippen LogP contribution in [0.15, 0.2) is 85.2 Å². The molecular formula is C49H55N9O6. The molecule has 0 spiro atoms. The summed E-state index contributed by atoms with van der Waals surface area (Å²) >= 11 is 0. The minimum atomic E-state index is -0.746. The molecule has 3 aromatic carbocycles. The fourth-order valence-electron chi connectivity index (χ4n) is 9.63. The molecule has 3 aromatic heterocycles. The SMILES string of the molecule is CC(=O)NC(C(=O)N1CCCC1c1ncc(-c2ccc3c(c2)OC(c2ccccc2)n2c-3cc3cc(-c4cnc(C5CCCN5C(=O)C(NC(=O)CO)C(C)C)[nH]4)ccc32)[nH]1)C(C)C. The molecule has 332 valence electrons. The van der Waals surface area contributed by atoms with Gasteiger partial charge in [0.1, 0.15) is 36.1 Å². The van der Waals surface area contributed by atoms with Crippen LogP contribution in [-0.4, -0.2) is 94.8 Å². The van der Waals surface area contributed by atoms with E-state index >= 15 is 0 Å². The Morgan fingerprint density at radius 3 is 1.92 bits per heavy atom. The Kier molecular flexibility index (Phi) is 11.6. The number of imidazole rings is 2. The number of fused-ring (bicyclic) bond motifs is 5. The lowest BCUT2D eigenvalue weighted by molar-refractivity contribution is -0.139. The molecule has 2 fully saturated rings. The van der Waals surface area contributed by atoms with Gasteiger partial charge in [-0.05, 0) is 67.9 Å². The zero-order valence-corrected chi connectivity index (χ0v) is 36.8. The molecule has 3 aliphatic rings. The Morgan fingerprint density at radius 1 is 0.766 bits per heavy atom. The first-order valence-electron chi connectivity index (χ1n) is 22.3. The second kappa shape index (κ2) is 17.4. The molecule has 0 saturated carbocycles. The minimum absolute atomic E-state index is 0.0561. The summed E-state index contributed by atoms with van der Waals surface area (Å²) in [5.41, 5.74) is 7.45. The van der Waals surface area contributed by atoms with E-state index < -0.39 is 30.8 Å². The molecule has 0 aliphatic carbocycles. The number of aromatic nitrogens is 5. The predicted octanol–water partition coefficient (Wildman–Crippen LogP) is 6.65. The highest BCUT2D eigenvalue weighted by molar-refractivity contribution is 5.93. The van der Waals surface area contributed by atoms with Crippen molar-refractivity contribution in [2.75, 3.05) is 19.7 Å². The molecule has 15 nitrogen and oxygen atoms in total. The van der Waals surface area contributed by atoms with E-state index in [2.05, 4.69) is 73.7 Å². The third-order valence-corrected chi connectivity index (χ3v) is 12.9. The maximum absolute atomic E-state index is 13.7. The molecule has 0 radical (unpaired) electrons. The number of aromatic amines is 2. The van der Waals surface area contributed by atoms with Crippen molar-refractivity contribution >= 4 is 34.5 Å². The zero-order chi connectivity index (χ0) is 44.8. The Hall–Kier alpha value is -6.74. The van der Waals surface area contributed by atoms with Crippen molar-refractivity contribution in [2.24, 2.45) is 11.8 Å². The molecule has 15 heteroatoms. The van der Waals surface area contributed by atoms with Gasteiger partial charge in [-0.3, -0.25) is 19.2 Å². The van der Waals surface area contributed by atoms with Crippen LogP contribution in [0.5, 0.6) is 5.75 Å². The van der Waals surface area contributed by atoms with Gasteiger partial charge in [-0.15, -0.1) is 0 Å². The van der Waals surface area contributed by atoms with Gasteiger partial charge in [-0.25, -0.2) is 9.97 Å². The molecule has 6 aromatic rings. The summed E-state index contributed by atoms with van der Waals surface area (Å²) in [6, 6.07) is 23.0. The summed E-state index contributed by atoms with van der Waals surface area (Å²) in [4.78, 5) is 71.7. The minimum Gasteiger partial charge on any atom is -0.465 e. The third-order valence-electron chi connectivity index (χ3n) is 12.9.